The van der Waals surface area contributed by atoms with Crippen molar-refractivity contribution in [3.05, 3.63) is 52.8 Å². The van der Waals surface area contributed by atoms with Gasteiger partial charge in [0.2, 0.25) is 0 Å². The molecular formula is C13H16N2. The van der Waals surface area contributed by atoms with E-state index < -0.39 is 0 Å². The Morgan fingerprint density at radius 2 is 2.00 bits per heavy atom. The van der Waals surface area contributed by atoms with E-state index in [0.717, 1.165) is 24.2 Å². The highest BCUT2D eigenvalue weighted by Gasteiger charge is 1.99. The van der Waals surface area contributed by atoms with Crippen molar-refractivity contribution in [3.63, 3.8) is 0 Å². The number of aromatic amines is 1. The molecule has 1 heterocycles. The number of nitrogens with one attached hydrogen (secondary N) is 1. The number of aryl methyl sites for hydroxylation is 4. The van der Waals surface area contributed by atoms with Gasteiger partial charge in [0, 0.05) is 5.69 Å². The number of benzene rings is 1. The summed E-state index contributed by atoms with van der Waals surface area (Å²) in [6.07, 6.45) is 2.07. The van der Waals surface area contributed by atoms with Gasteiger partial charge in [0.1, 0.15) is 0 Å². The molecule has 2 heteroatoms. The van der Waals surface area contributed by atoms with E-state index in [1.807, 2.05) is 6.92 Å². The van der Waals surface area contributed by atoms with Gasteiger partial charge in [-0.1, -0.05) is 29.8 Å². The van der Waals surface area contributed by atoms with E-state index in [9.17, 15) is 0 Å². The van der Waals surface area contributed by atoms with E-state index >= 15 is 0 Å². The molecule has 2 aromatic rings. The van der Waals surface area contributed by atoms with Crippen molar-refractivity contribution in [2.75, 3.05) is 0 Å². The van der Waals surface area contributed by atoms with Crippen molar-refractivity contribution in [3.8, 4) is 0 Å². The summed E-state index contributed by atoms with van der Waals surface area (Å²) >= 11 is 0. The third kappa shape index (κ3) is 2.69. The van der Waals surface area contributed by atoms with Crippen molar-refractivity contribution in [2.24, 2.45) is 0 Å². The maximum atomic E-state index is 4.23. The van der Waals surface area contributed by atoms with Crippen molar-refractivity contribution in [1.82, 2.24) is 10.2 Å². The van der Waals surface area contributed by atoms with Gasteiger partial charge in [0.15, 0.2) is 0 Å². The molecule has 1 aromatic carbocycles. The van der Waals surface area contributed by atoms with Crippen LogP contribution < -0.4 is 0 Å². The molecule has 15 heavy (non-hydrogen) atoms. The molecular weight excluding hydrogens is 184 g/mol. The Kier molecular flexibility index (Phi) is 2.86. The maximum absolute atomic E-state index is 4.23. The largest absolute Gasteiger partial charge is 0.283 e. The third-order valence-corrected chi connectivity index (χ3v) is 2.51. The summed E-state index contributed by atoms with van der Waals surface area (Å²) in [6, 6.07) is 10.8. The minimum Gasteiger partial charge on any atom is -0.283 e. The molecule has 78 valence electrons. The molecule has 0 aliphatic rings. The van der Waals surface area contributed by atoms with Crippen LogP contribution in [0.4, 0.5) is 0 Å². The van der Waals surface area contributed by atoms with Gasteiger partial charge in [-0.15, -0.1) is 0 Å². The Bertz CT molecular complexity index is 443. The van der Waals surface area contributed by atoms with Crippen LogP contribution in [0.2, 0.25) is 0 Å². The Labute approximate surface area is 90.3 Å². The first-order valence-corrected chi connectivity index (χ1v) is 5.30. The van der Waals surface area contributed by atoms with Crippen molar-refractivity contribution >= 4 is 0 Å². The minimum atomic E-state index is 1.01. The van der Waals surface area contributed by atoms with Gasteiger partial charge in [-0.3, -0.25) is 5.10 Å². The quantitative estimate of drug-likeness (QED) is 0.811. The van der Waals surface area contributed by atoms with Crippen molar-refractivity contribution in [1.29, 1.82) is 0 Å². The lowest BCUT2D eigenvalue weighted by molar-refractivity contribution is 0.889. The van der Waals surface area contributed by atoms with E-state index in [0.29, 0.717) is 0 Å². The second kappa shape index (κ2) is 4.30. The normalized spacial score (nSPS) is 10.5. The van der Waals surface area contributed by atoms with Crippen molar-refractivity contribution < 1.29 is 0 Å². The number of aromatic nitrogens is 2. The molecule has 0 spiro atoms. The summed E-state index contributed by atoms with van der Waals surface area (Å²) in [4.78, 5) is 0. The van der Waals surface area contributed by atoms with Gasteiger partial charge in [0.25, 0.3) is 0 Å². The SMILES string of the molecule is Cc1cccc(CCc2cc(C)[nH]n2)c1. The topological polar surface area (TPSA) is 28.7 Å². The highest BCUT2D eigenvalue weighted by molar-refractivity contribution is 5.23. The first-order valence-electron chi connectivity index (χ1n) is 5.30. The van der Waals surface area contributed by atoms with Gasteiger partial charge in [-0.2, -0.15) is 5.10 Å². The lowest BCUT2D eigenvalue weighted by atomic mass is 10.1. The smallest absolute Gasteiger partial charge is 0.0628 e. The van der Waals surface area contributed by atoms with Crippen molar-refractivity contribution in [2.45, 2.75) is 26.7 Å². The molecule has 0 atom stereocenters. The summed E-state index contributed by atoms with van der Waals surface area (Å²) in [6.45, 7) is 4.16. The van der Waals surface area contributed by atoms with E-state index in [1.165, 1.54) is 11.1 Å². The van der Waals surface area contributed by atoms with E-state index in [1.54, 1.807) is 0 Å². The summed E-state index contributed by atoms with van der Waals surface area (Å²) in [5.74, 6) is 0. The highest BCUT2D eigenvalue weighted by Crippen LogP contribution is 2.08. The average molecular weight is 200 g/mol. The minimum absolute atomic E-state index is 1.01. The Hall–Kier alpha value is -1.57. The number of hydrogen-bond acceptors (Lipinski definition) is 1. The van der Waals surface area contributed by atoms with Crippen LogP contribution in [0.5, 0.6) is 0 Å². The molecule has 0 saturated heterocycles. The van der Waals surface area contributed by atoms with Gasteiger partial charge in [0.05, 0.1) is 5.69 Å². The molecule has 2 nitrogen and oxygen atoms in total. The van der Waals surface area contributed by atoms with Crippen LogP contribution in [0.15, 0.2) is 30.3 Å². The predicted octanol–water partition coefficient (Wildman–Crippen LogP) is 2.81. The fourth-order valence-corrected chi connectivity index (χ4v) is 1.74. The van der Waals surface area contributed by atoms with Crippen LogP contribution in [0.3, 0.4) is 0 Å². The molecule has 0 amide bonds. The second-order valence-corrected chi connectivity index (χ2v) is 4.03. The molecule has 0 saturated carbocycles. The lowest BCUT2D eigenvalue weighted by Gasteiger charge is -2.00. The molecule has 0 unspecified atom stereocenters. The average Bonchev–Trinajstić information content (AvgIpc) is 2.62. The standard InChI is InChI=1S/C13H16N2/c1-10-4-3-5-12(8-10)6-7-13-9-11(2)14-15-13/h3-5,8-9H,6-7H2,1-2H3,(H,14,15). The fraction of sp³-hybridized carbons (Fsp3) is 0.308. The summed E-state index contributed by atoms with van der Waals surface area (Å²) < 4.78 is 0. The first kappa shape index (κ1) is 9.97. The number of H-pyrrole nitrogens is 1. The first-order chi connectivity index (χ1) is 7.24. The second-order valence-electron chi connectivity index (χ2n) is 4.03. The summed E-state index contributed by atoms with van der Waals surface area (Å²) in [5, 5.41) is 7.19. The van der Waals surface area contributed by atoms with Gasteiger partial charge in [-0.05, 0) is 38.3 Å². The molecule has 1 aromatic heterocycles. The summed E-state index contributed by atoms with van der Waals surface area (Å²) in [5.41, 5.74) is 4.99. The van der Waals surface area contributed by atoms with Crippen LogP contribution in [-0.4, -0.2) is 10.2 Å². The predicted molar refractivity (Wildman–Crippen MR) is 61.9 cm³/mol. The zero-order valence-corrected chi connectivity index (χ0v) is 9.25. The molecule has 0 bridgehead atoms. The number of hydrogen-bond donors (Lipinski definition) is 1. The zero-order valence-electron chi connectivity index (χ0n) is 9.25. The molecule has 0 radical (unpaired) electrons. The molecule has 0 fully saturated rings. The third-order valence-electron chi connectivity index (χ3n) is 2.51. The molecule has 0 aliphatic heterocycles. The highest BCUT2D eigenvalue weighted by atomic mass is 15.1. The Morgan fingerprint density at radius 1 is 1.13 bits per heavy atom. The Balaban J connectivity index is 1.99. The number of nitrogens with zero attached hydrogens (tertiary/aromatic N) is 1. The number of rotatable bonds is 3. The van der Waals surface area contributed by atoms with Gasteiger partial charge in [-0.25, -0.2) is 0 Å². The zero-order chi connectivity index (χ0) is 10.7. The van der Waals surface area contributed by atoms with Crippen LogP contribution in [0.1, 0.15) is 22.5 Å². The maximum Gasteiger partial charge on any atom is 0.0628 e. The Morgan fingerprint density at radius 3 is 2.67 bits per heavy atom. The van der Waals surface area contributed by atoms with Gasteiger partial charge < -0.3 is 0 Å². The molecule has 1 N–H and O–H groups in total. The van der Waals surface area contributed by atoms with Crippen LogP contribution >= 0.6 is 0 Å². The van der Waals surface area contributed by atoms with Crippen LogP contribution in [0.25, 0.3) is 0 Å². The summed E-state index contributed by atoms with van der Waals surface area (Å²) in [7, 11) is 0. The van der Waals surface area contributed by atoms with E-state index in [4.69, 9.17) is 0 Å². The molecule has 2 rings (SSSR count). The molecule has 0 aliphatic carbocycles. The van der Waals surface area contributed by atoms with E-state index in [-0.39, 0.29) is 0 Å². The van der Waals surface area contributed by atoms with Gasteiger partial charge >= 0.3 is 0 Å². The monoisotopic (exact) mass is 200 g/mol. The van der Waals surface area contributed by atoms with Crippen LogP contribution in [0, 0.1) is 13.8 Å². The van der Waals surface area contributed by atoms with Crippen LogP contribution in [-0.2, 0) is 12.8 Å². The van der Waals surface area contributed by atoms with E-state index in [2.05, 4.69) is 47.5 Å². The lowest BCUT2D eigenvalue weighted by Crippen LogP contribution is -1.92. The fourth-order valence-electron chi connectivity index (χ4n) is 1.74.